The second kappa shape index (κ2) is 5.53. The van der Waals surface area contributed by atoms with Crippen molar-refractivity contribution < 1.29 is 19.8 Å². The Morgan fingerprint density at radius 3 is 2.84 bits per heavy atom. The van der Waals surface area contributed by atoms with Crippen LogP contribution in [0.4, 0.5) is 0 Å². The molecular weight excluding hydrogens is 248 g/mol. The summed E-state index contributed by atoms with van der Waals surface area (Å²) in [5.74, 6) is -1.58. The van der Waals surface area contributed by atoms with Gasteiger partial charge in [-0.2, -0.15) is 0 Å². The molecule has 0 aliphatic carbocycles. The van der Waals surface area contributed by atoms with E-state index in [-0.39, 0.29) is 18.9 Å². The zero-order valence-electron chi connectivity index (χ0n) is 10.1. The van der Waals surface area contributed by atoms with Gasteiger partial charge in [0.2, 0.25) is 0 Å². The number of nitrogens with one attached hydrogen (secondary N) is 2. The molecule has 4 N–H and O–H groups in total. The highest BCUT2D eigenvalue weighted by Crippen LogP contribution is 2.17. The minimum Gasteiger partial charge on any atom is -0.479 e. The zero-order valence-corrected chi connectivity index (χ0v) is 10.1. The number of aliphatic hydroxyl groups excluding tert-OH is 1. The van der Waals surface area contributed by atoms with Gasteiger partial charge in [-0.05, 0) is 18.2 Å². The first kappa shape index (κ1) is 13.1. The predicted molar refractivity (Wildman–Crippen MR) is 68.9 cm³/mol. The minimum absolute atomic E-state index is 0.0236. The maximum absolute atomic E-state index is 12.0. The Morgan fingerprint density at radius 1 is 1.32 bits per heavy atom. The van der Waals surface area contributed by atoms with Gasteiger partial charge in [0.15, 0.2) is 6.10 Å². The molecule has 100 valence electrons. The number of rotatable bonds is 5. The number of carbonyl (C=O) groups excluding carboxylic acids is 1. The van der Waals surface area contributed by atoms with E-state index in [0.29, 0.717) is 5.56 Å². The van der Waals surface area contributed by atoms with Crippen molar-refractivity contribution in [3.8, 4) is 0 Å². The molecule has 19 heavy (non-hydrogen) atoms. The number of H-pyrrole nitrogens is 1. The van der Waals surface area contributed by atoms with Crippen LogP contribution < -0.4 is 5.32 Å². The maximum atomic E-state index is 12.0. The van der Waals surface area contributed by atoms with Gasteiger partial charge in [-0.25, -0.2) is 4.79 Å². The van der Waals surface area contributed by atoms with Gasteiger partial charge < -0.3 is 20.5 Å². The molecule has 0 aliphatic rings. The van der Waals surface area contributed by atoms with Gasteiger partial charge >= 0.3 is 5.97 Å². The lowest BCUT2D eigenvalue weighted by Crippen LogP contribution is -2.30. The lowest BCUT2D eigenvalue weighted by molar-refractivity contribution is -0.146. The van der Waals surface area contributed by atoms with Crippen LogP contribution >= 0.6 is 0 Å². The first-order valence-electron chi connectivity index (χ1n) is 5.85. The lowest BCUT2D eigenvalue weighted by Gasteiger charge is -2.08. The van der Waals surface area contributed by atoms with Crippen LogP contribution in [0, 0.1) is 0 Å². The SMILES string of the molecule is O=C(NCCC(O)C(=O)O)c1cccc2[nH]ccc12. The van der Waals surface area contributed by atoms with Crippen molar-refractivity contribution >= 4 is 22.8 Å². The second-order valence-electron chi connectivity index (χ2n) is 4.14. The van der Waals surface area contributed by atoms with Crippen molar-refractivity contribution in [2.75, 3.05) is 6.54 Å². The number of hydrogen-bond donors (Lipinski definition) is 4. The fourth-order valence-electron chi connectivity index (χ4n) is 1.82. The van der Waals surface area contributed by atoms with Crippen LogP contribution in [-0.4, -0.2) is 39.7 Å². The standard InChI is InChI=1S/C13H14N2O4/c16-11(13(18)19)5-7-15-12(17)9-2-1-3-10-8(9)4-6-14-10/h1-4,6,11,14,16H,5,7H2,(H,15,17)(H,18,19). The number of aliphatic carboxylic acids is 1. The van der Waals surface area contributed by atoms with E-state index in [9.17, 15) is 9.59 Å². The maximum Gasteiger partial charge on any atom is 0.332 e. The Hall–Kier alpha value is -2.34. The molecule has 0 saturated carbocycles. The molecule has 1 amide bonds. The number of aliphatic hydroxyl groups is 1. The molecule has 0 saturated heterocycles. The Labute approximate surface area is 109 Å². The fraction of sp³-hybridized carbons (Fsp3) is 0.231. The van der Waals surface area contributed by atoms with Crippen LogP contribution in [0.1, 0.15) is 16.8 Å². The van der Waals surface area contributed by atoms with E-state index in [1.165, 1.54) is 0 Å². The van der Waals surface area contributed by atoms with Crippen molar-refractivity contribution in [3.63, 3.8) is 0 Å². The van der Waals surface area contributed by atoms with Gasteiger partial charge in [-0.15, -0.1) is 0 Å². The summed E-state index contributed by atoms with van der Waals surface area (Å²) in [5.41, 5.74) is 1.38. The summed E-state index contributed by atoms with van der Waals surface area (Å²) in [6.07, 6.45) is 0.267. The van der Waals surface area contributed by atoms with Crippen molar-refractivity contribution in [1.82, 2.24) is 10.3 Å². The first-order valence-corrected chi connectivity index (χ1v) is 5.85. The molecule has 1 unspecified atom stereocenters. The lowest BCUT2D eigenvalue weighted by atomic mass is 10.1. The van der Waals surface area contributed by atoms with Crippen molar-refractivity contribution in [2.24, 2.45) is 0 Å². The van der Waals surface area contributed by atoms with Gasteiger partial charge in [-0.3, -0.25) is 4.79 Å². The van der Waals surface area contributed by atoms with Crippen LogP contribution in [0.3, 0.4) is 0 Å². The number of amides is 1. The molecule has 0 aliphatic heterocycles. The van der Waals surface area contributed by atoms with E-state index in [4.69, 9.17) is 10.2 Å². The van der Waals surface area contributed by atoms with Gasteiger partial charge in [0.05, 0.1) is 0 Å². The molecule has 2 rings (SSSR count). The highest BCUT2D eigenvalue weighted by Gasteiger charge is 2.14. The number of fused-ring (bicyclic) bond motifs is 1. The molecule has 0 spiro atoms. The molecule has 0 fully saturated rings. The van der Waals surface area contributed by atoms with Crippen molar-refractivity contribution in [2.45, 2.75) is 12.5 Å². The van der Waals surface area contributed by atoms with E-state index in [0.717, 1.165) is 10.9 Å². The zero-order chi connectivity index (χ0) is 13.8. The number of aromatic nitrogens is 1. The highest BCUT2D eigenvalue weighted by molar-refractivity contribution is 6.06. The molecule has 1 aromatic heterocycles. The molecule has 2 aromatic rings. The topological polar surface area (TPSA) is 102 Å². The van der Waals surface area contributed by atoms with E-state index >= 15 is 0 Å². The summed E-state index contributed by atoms with van der Waals surface area (Å²) in [4.78, 5) is 25.4. The second-order valence-corrected chi connectivity index (χ2v) is 4.14. The van der Waals surface area contributed by atoms with E-state index in [1.807, 2.05) is 6.07 Å². The van der Waals surface area contributed by atoms with Crippen LogP contribution in [0.25, 0.3) is 10.9 Å². The number of aromatic amines is 1. The van der Waals surface area contributed by atoms with Gasteiger partial charge in [0, 0.05) is 35.6 Å². The Kier molecular flexibility index (Phi) is 3.82. The van der Waals surface area contributed by atoms with E-state index < -0.39 is 12.1 Å². The molecule has 1 atom stereocenters. The predicted octanol–water partition coefficient (Wildman–Crippen LogP) is 0.733. The number of carboxylic acid groups (broad SMARTS) is 1. The number of benzene rings is 1. The Morgan fingerprint density at radius 2 is 2.11 bits per heavy atom. The molecule has 0 bridgehead atoms. The normalized spacial score (nSPS) is 12.3. The van der Waals surface area contributed by atoms with E-state index in [1.54, 1.807) is 24.4 Å². The average Bonchev–Trinajstić information content (AvgIpc) is 2.86. The summed E-state index contributed by atoms with van der Waals surface area (Å²) in [6.45, 7) is 0.104. The van der Waals surface area contributed by atoms with Gasteiger partial charge in [-0.1, -0.05) is 6.07 Å². The quantitative estimate of drug-likeness (QED) is 0.638. The summed E-state index contributed by atoms with van der Waals surface area (Å²) >= 11 is 0. The highest BCUT2D eigenvalue weighted by atomic mass is 16.4. The summed E-state index contributed by atoms with van der Waals surface area (Å²) in [5, 5.41) is 21.0. The van der Waals surface area contributed by atoms with Gasteiger partial charge in [0.1, 0.15) is 0 Å². The molecule has 6 heteroatoms. The Bertz CT molecular complexity index is 605. The van der Waals surface area contributed by atoms with Gasteiger partial charge in [0.25, 0.3) is 5.91 Å². The average molecular weight is 262 g/mol. The summed E-state index contributed by atoms with van der Waals surface area (Å²) in [7, 11) is 0. The number of carbonyl (C=O) groups is 2. The first-order chi connectivity index (χ1) is 9.09. The largest absolute Gasteiger partial charge is 0.479 e. The van der Waals surface area contributed by atoms with Crippen LogP contribution in [0.2, 0.25) is 0 Å². The van der Waals surface area contributed by atoms with Crippen LogP contribution in [0.5, 0.6) is 0 Å². The monoisotopic (exact) mass is 262 g/mol. The summed E-state index contributed by atoms with van der Waals surface area (Å²) < 4.78 is 0. The smallest absolute Gasteiger partial charge is 0.332 e. The van der Waals surface area contributed by atoms with Crippen molar-refractivity contribution in [1.29, 1.82) is 0 Å². The van der Waals surface area contributed by atoms with E-state index in [2.05, 4.69) is 10.3 Å². The molecule has 0 radical (unpaired) electrons. The number of carboxylic acids is 1. The molecule has 1 heterocycles. The third-order valence-corrected chi connectivity index (χ3v) is 2.83. The van der Waals surface area contributed by atoms with Crippen LogP contribution in [0.15, 0.2) is 30.5 Å². The molecular formula is C13H14N2O4. The third kappa shape index (κ3) is 2.92. The van der Waals surface area contributed by atoms with Crippen LogP contribution in [-0.2, 0) is 4.79 Å². The molecule has 6 nitrogen and oxygen atoms in total. The van der Waals surface area contributed by atoms with Crippen molar-refractivity contribution in [3.05, 3.63) is 36.0 Å². The summed E-state index contributed by atoms with van der Waals surface area (Å²) in [6, 6.07) is 7.12. The third-order valence-electron chi connectivity index (χ3n) is 2.83. The molecule has 1 aromatic carbocycles. The Balaban J connectivity index is 2.00. The number of hydrogen-bond acceptors (Lipinski definition) is 3. The fourth-order valence-corrected chi connectivity index (χ4v) is 1.82. The minimum atomic E-state index is -1.46.